The van der Waals surface area contributed by atoms with Gasteiger partial charge in [0.1, 0.15) is 5.82 Å². The van der Waals surface area contributed by atoms with Crippen LogP contribution in [0.1, 0.15) is 44.2 Å². The Hall–Kier alpha value is -1.10. The van der Waals surface area contributed by atoms with E-state index in [-0.39, 0.29) is 5.41 Å². The van der Waals surface area contributed by atoms with Crippen molar-refractivity contribution in [2.45, 2.75) is 50.7 Å². The molecule has 1 N–H and O–H groups in total. The normalized spacial score (nSPS) is 27.0. The van der Waals surface area contributed by atoms with Gasteiger partial charge in [-0.3, -0.25) is 0 Å². The van der Waals surface area contributed by atoms with Crippen molar-refractivity contribution >= 4 is 0 Å². The van der Waals surface area contributed by atoms with Crippen molar-refractivity contribution in [2.24, 2.45) is 0 Å². The Morgan fingerprint density at radius 3 is 2.60 bits per heavy atom. The first-order valence-corrected chi connectivity index (χ1v) is 6.87. The molecule has 0 radical (unpaired) electrons. The standard InChI is InChI=1S/C15H19F4N/c1-3-20-11-6-7-14(2,9-11)10-4-5-12(13(16)8-10)15(17,18)19/h4-5,8,11,20H,3,6-7,9H2,1-2H3. The van der Waals surface area contributed by atoms with Crippen LogP contribution < -0.4 is 5.32 Å². The Bertz CT molecular complexity index is 483. The Balaban J connectivity index is 2.24. The van der Waals surface area contributed by atoms with Crippen LogP contribution in [0.15, 0.2) is 18.2 Å². The average molecular weight is 289 g/mol. The number of hydrogen-bond donors (Lipinski definition) is 1. The van der Waals surface area contributed by atoms with Gasteiger partial charge in [0, 0.05) is 6.04 Å². The van der Waals surface area contributed by atoms with Gasteiger partial charge < -0.3 is 5.32 Å². The van der Waals surface area contributed by atoms with Crippen molar-refractivity contribution in [1.82, 2.24) is 5.32 Å². The Labute approximate surface area is 116 Å². The van der Waals surface area contributed by atoms with E-state index in [0.717, 1.165) is 37.9 Å². The summed E-state index contributed by atoms with van der Waals surface area (Å²) in [6, 6.07) is 3.68. The average Bonchev–Trinajstić information content (AvgIpc) is 2.71. The summed E-state index contributed by atoms with van der Waals surface area (Å²) in [5.41, 5.74) is -0.785. The summed E-state index contributed by atoms with van der Waals surface area (Å²) in [7, 11) is 0. The van der Waals surface area contributed by atoms with Gasteiger partial charge in [0.15, 0.2) is 0 Å². The minimum atomic E-state index is -4.63. The molecule has 0 spiro atoms. The van der Waals surface area contributed by atoms with Gasteiger partial charge >= 0.3 is 6.18 Å². The molecule has 0 heterocycles. The molecular formula is C15H19F4N. The third-order valence-electron chi connectivity index (χ3n) is 4.21. The van der Waals surface area contributed by atoms with E-state index in [4.69, 9.17) is 0 Å². The van der Waals surface area contributed by atoms with Crippen molar-refractivity contribution in [1.29, 1.82) is 0 Å². The third kappa shape index (κ3) is 2.97. The molecule has 2 unspecified atom stereocenters. The highest BCUT2D eigenvalue weighted by atomic mass is 19.4. The smallest absolute Gasteiger partial charge is 0.314 e. The van der Waals surface area contributed by atoms with Crippen LogP contribution in [0.2, 0.25) is 0 Å². The highest BCUT2D eigenvalue weighted by Crippen LogP contribution is 2.42. The van der Waals surface area contributed by atoms with E-state index < -0.39 is 17.6 Å². The lowest BCUT2D eigenvalue weighted by Gasteiger charge is -2.25. The zero-order valence-electron chi connectivity index (χ0n) is 11.6. The number of nitrogens with one attached hydrogen (secondary N) is 1. The molecule has 1 aliphatic rings. The van der Waals surface area contributed by atoms with Crippen LogP contribution >= 0.6 is 0 Å². The maximum atomic E-state index is 13.7. The van der Waals surface area contributed by atoms with Crippen molar-refractivity contribution in [3.05, 3.63) is 35.1 Å². The lowest BCUT2D eigenvalue weighted by Crippen LogP contribution is -2.28. The van der Waals surface area contributed by atoms with E-state index in [1.807, 2.05) is 13.8 Å². The van der Waals surface area contributed by atoms with E-state index >= 15 is 0 Å². The summed E-state index contributed by atoms with van der Waals surface area (Å²) < 4.78 is 51.4. The largest absolute Gasteiger partial charge is 0.419 e. The molecule has 0 amide bonds. The third-order valence-corrected chi connectivity index (χ3v) is 4.21. The molecule has 1 aliphatic carbocycles. The molecule has 1 aromatic carbocycles. The van der Waals surface area contributed by atoms with Crippen molar-refractivity contribution in [3.63, 3.8) is 0 Å². The van der Waals surface area contributed by atoms with E-state index in [9.17, 15) is 17.6 Å². The molecule has 0 bridgehead atoms. The first-order valence-electron chi connectivity index (χ1n) is 6.87. The van der Waals surface area contributed by atoms with Crippen molar-refractivity contribution in [3.8, 4) is 0 Å². The Morgan fingerprint density at radius 1 is 1.35 bits per heavy atom. The summed E-state index contributed by atoms with van der Waals surface area (Å²) >= 11 is 0. The molecule has 1 fully saturated rings. The van der Waals surface area contributed by atoms with Gasteiger partial charge in [-0.15, -0.1) is 0 Å². The molecule has 0 aromatic heterocycles. The summed E-state index contributed by atoms with van der Waals surface area (Å²) in [5, 5.41) is 3.35. The van der Waals surface area contributed by atoms with Crippen LogP contribution in [0.5, 0.6) is 0 Å². The van der Waals surface area contributed by atoms with E-state index in [1.54, 1.807) is 0 Å². The first kappa shape index (κ1) is 15.3. The molecule has 1 nitrogen and oxygen atoms in total. The number of rotatable bonds is 3. The molecule has 2 atom stereocenters. The number of halogens is 4. The molecule has 20 heavy (non-hydrogen) atoms. The lowest BCUT2D eigenvalue weighted by molar-refractivity contribution is -0.140. The second kappa shape index (κ2) is 5.35. The molecule has 1 saturated carbocycles. The first-order chi connectivity index (χ1) is 9.26. The Morgan fingerprint density at radius 2 is 2.05 bits per heavy atom. The second-order valence-electron chi connectivity index (χ2n) is 5.75. The van der Waals surface area contributed by atoms with Gasteiger partial charge in [0.25, 0.3) is 0 Å². The van der Waals surface area contributed by atoms with Crippen LogP contribution in [-0.2, 0) is 11.6 Å². The molecule has 2 rings (SSSR count). The van der Waals surface area contributed by atoms with Crippen LogP contribution in [0.4, 0.5) is 17.6 Å². The van der Waals surface area contributed by atoms with Crippen LogP contribution in [0.3, 0.4) is 0 Å². The van der Waals surface area contributed by atoms with Gasteiger partial charge in [-0.05, 0) is 48.9 Å². The van der Waals surface area contributed by atoms with Crippen LogP contribution in [0, 0.1) is 5.82 Å². The number of alkyl halides is 3. The minimum absolute atomic E-state index is 0.252. The quantitative estimate of drug-likeness (QED) is 0.820. The fraction of sp³-hybridized carbons (Fsp3) is 0.600. The van der Waals surface area contributed by atoms with Crippen molar-refractivity contribution < 1.29 is 17.6 Å². The number of hydrogen-bond acceptors (Lipinski definition) is 1. The van der Waals surface area contributed by atoms with Crippen LogP contribution in [-0.4, -0.2) is 12.6 Å². The van der Waals surface area contributed by atoms with Gasteiger partial charge in [-0.1, -0.05) is 19.9 Å². The van der Waals surface area contributed by atoms with E-state index in [2.05, 4.69) is 5.32 Å². The minimum Gasteiger partial charge on any atom is -0.314 e. The van der Waals surface area contributed by atoms with E-state index in [0.29, 0.717) is 11.6 Å². The predicted octanol–water partition coefficient (Wildman–Crippen LogP) is 4.26. The molecule has 0 saturated heterocycles. The lowest BCUT2D eigenvalue weighted by atomic mass is 9.80. The second-order valence-corrected chi connectivity index (χ2v) is 5.75. The summed E-state index contributed by atoms with van der Waals surface area (Å²) in [4.78, 5) is 0. The topological polar surface area (TPSA) is 12.0 Å². The molecule has 0 aliphatic heterocycles. The van der Waals surface area contributed by atoms with E-state index in [1.165, 1.54) is 6.07 Å². The summed E-state index contributed by atoms with van der Waals surface area (Å²) in [6.07, 6.45) is -1.99. The maximum Gasteiger partial charge on any atom is 0.419 e. The highest BCUT2D eigenvalue weighted by Gasteiger charge is 2.38. The molecular weight excluding hydrogens is 270 g/mol. The number of benzene rings is 1. The van der Waals surface area contributed by atoms with Gasteiger partial charge in [-0.25, -0.2) is 4.39 Å². The fourth-order valence-electron chi connectivity index (χ4n) is 3.09. The van der Waals surface area contributed by atoms with Gasteiger partial charge in [0.05, 0.1) is 5.56 Å². The monoisotopic (exact) mass is 289 g/mol. The van der Waals surface area contributed by atoms with Gasteiger partial charge in [0.2, 0.25) is 0 Å². The SMILES string of the molecule is CCNC1CCC(C)(c2ccc(C(F)(F)F)c(F)c2)C1. The Kier molecular flexibility index (Phi) is 4.09. The zero-order valence-corrected chi connectivity index (χ0v) is 11.6. The van der Waals surface area contributed by atoms with Gasteiger partial charge in [-0.2, -0.15) is 13.2 Å². The maximum absolute atomic E-state index is 13.7. The van der Waals surface area contributed by atoms with Crippen LogP contribution in [0.25, 0.3) is 0 Å². The zero-order chi connectivity index (χ0) is 15.0. The summed E-state index contributed by atoms with van der Waals surface area (Å²) in [5.74, 6) is -1.18. The molecule has 112 valence electrons. The summed E-state index contributed by atoms with van der Waals surface area (Å²) in [6.45, 7) is 4.88. The molecule has 1 aromatic rings. The fourth-order valence-corrected chi connectivity index (χ4v) is 3.09. The highest BCUT2D eigenvalue weighted by molar-refractivity contribution is 5.32. The molecule has 5 heteroatoms. The van der Waals surface area contributed by atoms with Crippen molar-refractivity contribution in [2.75, 3.05) is 6.54 Å². The predicted molar refractivity (Wildman–Crippen MR) is 70.1 cm³/mol.